The van der Waals surface area contributed by atoms with Crippen molar-refractivity contribution in [2.75, 3.05) is 9.80 Å². The van der Waals surface area contributed by atoms with Crippen LogP contribution in [0.3, 0.4) is 0 Å². The van der Waals surface area contributed by atoms with Gasteiger partial charge in [0, 0.05) is 44.8 Å². The normalized spacial score (nSPS) is 11.3. The number of fused-ring (bicyclic) bond motifs is 4. The van der Waals surface area contributed by atoms with Crippen molar-refractivity contribution in [3.63, 3.8) is 0 Å². The maximum Gasteiger partial charge on any atom is 0.135 e. The summed E-state index contributed by atoms with van der Waals surface area (Å²) in [6, 6.07) is 77.7. The molecule has 1 aromatic heterocycles. The molecule has 0 amide bonds. The van der Waals surface area contributed by atoms with Crippen molar-refractivity contribution in [3.05, 3.63) is 218 Å². The number of hydrogen-bond donors (Lipinski definition) is 0. The summed E-state index contributed by atoms with van der Waals surface area (Å²) in [5, 5.41) is 4.66. The number of benzene rings is 9. The average molecular weight is 705 g/mol. The van der Waals surface area contributed by atoms with Crippen LogP contribution < -0.4 is 9.80 Å². The summed E-state index contributed by atoms with van der Waals surface area (Å²) in [5.74, 6) is 0. The summed E-state index contributed by atoms with van der Waals surface area (Å²) in [5.41, 5.74) is 13.0. The van der Waals surface area contributed by atoms with Gasteiger partial charge in [-0.15, -0.1) is 0 Å². The summed E-state index contributed by atoms with van der Waals surface area (Å²) in [7, 11) is 0. The molecule has 0 aliphatic heterocycles. The van der Waals surface area contributed by atoms with Crippen molar-refractivity contribution in [2.45, 2.75) is 0 Å². The summed E-state index contributed by atoms with van der Waals surface area (Å²) >= 11 is 0. The third-order valence-electron chi connectivity index (χ3n) is 10.4. The van der Waals surface area contributed by atoms with Gasteiger partial charge < -0.3 is 14.2 Å². The van der Waals surface area contributed by atoms with Gasteiger partial charge in [0.25, 0.3) is 0 Å². The molecule has 10 rings (SSSR count). The van der Waals surface area contributed by atoms with Gasteiger partial charge in [-0.3, -0.25) is 0 Å². The molecular formula is C52H36N2O. The van der Waals surface area contributed by atoms with Crippen molar-refractivity contribution in [3.8, 4) is 22.3 Å². The fraction of sp³-hybridized carbons (Fsp3) is 0. The molecule has 3 heteroatoms. The zero-order valence-corrected chi connectivity index (χ0v) is 30.1. The molecule has 0 radical (unpaired) electrons. The van der Waals surface area contributed by atoms with Gasteiger partial charge in [-0.05, 0) is 112 Å². The van der Waals surface area contributed by atoms with Gasteiger partial charge in [-0.1, -0.05) is 133 Å². The average Bonchev–Trinajstić information content (AvgIpc) is 3.63. The highest BCUT2D eigenvalue weighted by atomic mass is 16.3. The number of furan rings is 1. The molecule has 0 aliphatic rings. The molecule has 0 atom stereocenters. The Bertz CT molecular complexity index is 2920. The predicted molar refractivity (Wildman–Crippen MR) is 231 cm³/mol. The zero-order chi connectivity index (χ0) is 36.6. The minimum atomic E-state index is 0.887. The van der Waals surface area contributed by atoms with Gasteiger partial charge >= 0.3 is 0 Å². The lowest BCUT2D eigenvalue weighted by atomic mass is 9.96. The van der Waals surface area contributed by atoms with Crippen molar-refractivity contribution >= 4 is 66.8 Å². The minimum absolute atomic E-state index is 0.887. The Morgan fingerprint density at radius 1 is 0.291 bits per heavy atom. The van der Waals surface area contributed by atoms with E-state index in [1.54, 1.807) is 0 Å². The molecule has 0 fully saturated rings. The molecule has 3 nitrogen and oxygen atoms in total. The predicted octanol–water partition coefficient (Wildman–Crippen LogP) is 15.0. The summed E-state index contributed by atoms with van der Waals surface area (Å²) in [6.45, 7) is 0. The van der Waals surface area contributed by atoms with Crippen molar-refractivity contribution in [1.82, 2.24) is 0 Å². The number of nitrogens with zero attached hydrogens (tertiary/aromatic N) is 2. The van der Waals surface area contributed by atoms with Gasteiger partial charge in [0.15, 0.2) is 0 Å². The molecule has 10 aromatic rings. The first-order chi connectivity index (χ1) is 27.3. The fourth-order valence-electron chi connectivity index (χ4n) is 7.76. The van der Waals surface area contributed by atoms with E-state index in [4.69, 9.17) is 4.42 Å². The van der Waals surface area contributed by atoms with Crippen molar-refractivity contribution in [1.29, 1.82) is 0 Å². The molecule has 0 N–H and O–H groups in total. The van der Waals surface area contributed by atoms with E-state index in [0.29, 0.717) is 0 Å². The Balaban J connectivity index is 1.08. The molecule has 0 saturated heterocycles. The van der Waals surface area contributed by atoms with E-state index in [1.807, 2.05) is 12.1 Å². The maximum atomic E-state index is 6.17. The molecule has 1 heterocycles. The van der Waals surface area contributed by atoms with Crippen molar-refractivity contribution in [2.24, 2.45) is 0 Å². The molecule has 0 unspecified atom stereocenters. The first-order valence-corrected chi connectivity index (χ1v) is 18.7. The van der Waals surface area contributed by atoms with Crippen LogP contribution in [-0.2, 0) is 0 Å². The molecular weight excluding hydrogens is 669 g/mol. The Labute approximate surface area is 320 Å². The van der Waals surface area contributed by atoms with Gasteiger partial charge in [-0.2, -0.15) is 0 Å². The second kappa shape index (κ2) is 13.9. The van der Waals surface area contributed by atoms with Crippen LogP contribution in [0.4, 0.5) is 34.1 Å². The zero-order valence-electron chi connectivity index (χ0n) is 30.1. The quantitative estimate of drug-likeness (QED) is 0.157. The Kier molecular flexibility index (Phi) is 8.16. The standard InChI is InChI=1S/C52H36N2O/c1-4-15-39(16-5-1)48-35-41(27-32-50(48)54(43-20-8-3-9-21-43)45-30-26-37-14-10-11-17-40(37)34-45)38-24-28-44(29-25-38)53(42-18-6-2-7-19-42)46-31-33-52-49(36-46)47-22-12-13-23-51(47)55-52/h1-36H. The number of anilines is 6. The highest BCUT2D eigenvalue weighted by Gasteiger charge is 2.20. The van der Waals surface area contributed by atoms with Gasteiger partial charge in [0.2, 0.25) is 0 Å². The molecule has 9 aromatic carbocycles. The van der Waals surface area contributed by atoms with E-state index in [2.05, 4.69) is 216 Å². The summed E-state index contributed by atoms with van der Waals surface area (Å²) in [6.07, 6.45) is 0. The smallest absolute Gasteiger partial charge is 0.135 e. The van der Waals surface area contributed by atoms with E-state index in [9.17, 15) is 0 Å². The Morgan fingerprint density at radius 2 is 0.836 bits per heavy atom. The molecule has 0 bridgehead atoms. The highest BCUT2D eigenvalue weighted by Crippen LogP contribution is 2.44. The molecule has 55 heavy (non-hydrogen) atoms. The summed E-state index contributed by atoms with van der Waals surface area (Å²) < 4.78 is 6.17. The molecule has 0 saturated carbocycles. The minimum Gasteiger partial charge on any atom is -0.456 e. The molecule has 0 spiro atoms. The Morgan fingerprint density at radius 3 is 1.60 bits per heavy atom. The molecule has 260 valence electrons. The first-order valence-electron chi connectivity index (χ1n) is 18.7. The SMILES string of the molecule is c1ccc(-c2cc(-c3ccc(N(c4ccccc4)c4ccc5oc6ccccc6c5c4)cc3)ccc2N(c2ccccc2)c2ccc3ccccc3c2)cc1. The number of rotatable bonds is 8. The lowest BCUT2D eigenvalue weighted by Crippen LogP contribution is -2.11. The second-order valence-corrected chi connectivity index (χ2v) is 13.8. The number of hydrogen-bond acceptors (Lipinski definition) is 3. The third kappa shape index (κ3) is 6.08. The van der Waals surface area contributed by atoms with Crippen LogP contribution in [0.25, 0.3) is 55.0 Å². The van der Waals surface area contributed by atoms with Crippen LogP contribution in [0.15, 0.2) is 223 Å². The topological polar surface area (TPSA) is 19.6 Å². The van der Waals surface area contributed by atoms with E-state index >= 15 is 0 Å². The van der Waals surface area contributed by atoms with Crippen LogP contribution in [0.5, 0.6) is 0 Å². The van der Waals surface area contributed by atoms with Gasteiger partial charge in [-0.25, -0.2) is 0 Å². The van der Waals surface area contributed by atoms with Gasteiger partial charge in [0.1, 0.15) is 11.2 Å². The Hall–Kier alpha value is -7.36. The van der Waals surface area contributed by atoms with Crippen molar-refractivity contribution < 1.29 is 4.42 Å². The van der Waals surface area contributed by atoms with E-state index in [0.717, 1.165) is 78.3 Å². The third-order valence-corrected chi connectivity index (χ3v) is 10.4. The van der Waals surface area contributed by atoms with Crippen LogP contribution in [0, 0.1) is 0 Å². The van der Waals surface area contributed by atoms with Crippen LogP contribution in [0.1, 0.15) is 0 Å². The first kappa shape index (κ1) is 32.3. The van der Waals surface area contributed by atoms with Crippen LogP contribution >= 0.6 is 0 Å². The van der Waals surface area contributed by atoms with Gasteiger partial charge in [0.05, 0.1) is 5.69 Å². The van der Waals surface area contributed by atoms with E-state index < -0.39 is 0 Å². The van der Waals surface area contributed by atoms with E-state index in [-0.39, 0.29) is 0 Å². The van der Waals surface area contributed by atoms with Crippen LogP contribution in [-0.4, -0.2) is 0 Å². The second-order valence-electron chi connectivity index (χ2n) is 13.8. The number of para-hydroxylation sites is 3. The monoisotopic (exact) mass is 704 g/mol. The largest absolute Gasteiger partial charge is 0.456 e. The lowest BCUT2D eigenvalue weighted by molar-refractivity contribution is 0.669. The highest BCUT2D eigenvalue weighted by molar-refractivity contribution is 6.06. The lowest BCUT2D eigenvalue weighted by Gasteiger charge is -2.29. The maximum absolute atomic E-state index is 6.17. The molecule has 0 aliphatic carbocycles. The fourth-order valence-corrected chi connectivity index (χ4v) is 7.76. The van der Waals surface area contributed by atoms with E-state index in [1.165, 1.54) is 10.8 Å². The summed E-state index contributed by atoms with van der Waals surface area (Å²) in [4.78, 5) is 4.68. The van der Waals surface area contributed by atoms with Crippen LogP contribution in [0.2, 0.25) is 0 Å².